The number of benzene rings is 2. The van der Waals surface area contributed by atoms with Crippen LogP contribution in [0.25, 0.3) is 5.65 Å². The highest BCUT2D eigenvalue weighted by molar-refractivity contribution is 6.09. The van der Waals surface area contributed by atoms with Crippen LogP contribution in [0.3, 0.4) is 0 Å². The number of pyridine rings is 1. The van der Waals surface area contributed by atoms with Gasteiger partial charge in [0.1, 0.15) is 17.7 Å². The third-order valence-corrected chi connectivity index (χ3v) is 9.30. The summed E-state index contributed by atoms with van der Waals surface area (Å²) in [5.74, 6) is 1.96. The van der Waals surface area contributed by atoms with Gasteiger partial charge in [0, 0.05) is 24.7 Å². The molecule has 1 fully saturated rings. The van der Waals surface area contributed by atoms with Gasteiger partial charge < -0.3 is 25.5 Å². The summed E-state index contributed by atoms with van der Waals surface area (Å²) >= 11 is 0. The van der Waals surface area contributed by atoms with Crippen molar-refractivity contribution >= 4 is 34.9 Å². The van der Waals surface area contributed by atoms with Gasteiger partial charge in [-0.05, 0) is 85.4 Å². The van der Waals surface area contributed by atoms with Gasteiger partial charge in [0.15, 0.2) is 5.65 Å². The first kappa shape index (κ1) is 33.1. The highest BCUT2D eigenvalue weighted by atomic mass is 16.5. The molecule has 3 unspecified atom stereocenters. The van der Waals surface area contributed by atoms with Crippen LogP contribution in [0, 0.1) is 10.8 Å². The number of aromatic nitrogens is 3. The first-order valence-electron chi connectivity index (χ1n) is 16.9. The van der Waals surface area contributed by atoms with Gasteiger partial charge in [-0.2, -0.15) is 0 Å². The number of aliphatic hydroxyl groups excluding tert-OH is 1. The van der Waals surface area contributed by atoms with Crippen molar-refractivity contribution in [3.8, 4) is 5.75 Å². The molecule has 252 valence electrons. The molecule has 1 saturated heterocycles. The van der Waals surface area contributed by atoms with Crippen LogP contribution in [0.1, 0.15) is 95.1 Å². The molecule has 2 aliphatic rings. The maximum absolute atomic E-state index is 13.5. The average Bonchev–Trinajstić information content (AvgIpc) is 3.48. The number of anilines is 1. The smallest absolute Gasteiger partial charge is 0.320 e. The number of hydrogen-bond acceptors (Lipinski definition) is 8. The number of aliphatic hydroxyl groups is 1. The zero-order valence-electron chi connectivity index (χ0n) is 28.2. The Kier molecular flexibility index (Phi) is 9.77. The fourth-order valence-electron chi connectivity index (χ4n) is 6.46. The highest BCUT2D eigenvalue weighted by Gasteiger charge is 2.30. The number of nitrogens with one attached hydrogen (secondary N) is 3. The van der Waals surface area contributed by atoms with Crippen LogP contribution in [0.15, 0.2) is 71.9 Å². The quantitative estimate of drug-likeness (QED) is 0.119. The van der Waals surface area contributed by atoms with E-state index in [1.54, 1.807) is 6.07 Å². The van der Waals surface area contributed by atoms with E-state index >= 15 is 0 Å². The SMILES string of the molecule is CC1CCCCN1c1nnc2ccc(OC3CCC(NC(=O)NC(CC(=N)C(C)(C)C)=Nc4cccc(CO)c4)c4ccccc43)cn12. The summed E-state index contributed by atoms with van der Waals surface area (Å²) in [4.78, 5) is 20.5. The van der Waals surface area contributed by atoms with E-state index < -0.39 is 0 Å². The molecule has 6 rings (SSSR count). The van der Waals surface area contributed by atoms with Gasteiger partial charge in [-0.15, -0.1) is 10.2 Å². The summed E-state index contributed by atoms with van der Waals surface area (Å²) in [5.41, 5.74) is 4.22. The van der Waals surface area contributed by atoms with E-state index in [0.29, 0.717) is 36.1 Å². The lowest BCUT2D eigenvalue weighted by atomic mass is 9.85. The molecule has 2 amide bonds. The Hall–Kier alpha value is -4.77. The van der Waals surface area contributed by atoms with Crippen LogP contribution < -0.4 is 20.3 Å². The van der Waals surface area contributed by atoms with Crippen LogP contribution in [-0.4, -0.2) is 49.9 Å². The average molecular weight is 651 g/mol. The maximum Gasteiger partial charge on any atom is 0.320 e. The van der Waals surface area contributed by atoms with Crippen molar-refractivity contribution in [2.24, 2.45) is 10.4 Å². The minimum atomic E-state index is -0.384. The summed E-state index contributed by atoms with van der Waals surface area (Å²) in [6.45, 7) is 9.00. The van der Waals surface area contributed by atoms with Crippen LogP contribution in [-0.2, 0) is 6.61 Å². The molecule has 11 nitrogen and oxygen atoms in total. The molecule has 3 atom stereocenters. The van der Waals surface area contributed by atoms with E-state index in [1.165, 1.54) is 6.42 Å². The zero-order valence-corrected chi connectivity index (χ0v) is 28.2. The maximum atomic E-state index is 13.5. The second-order valence-corrected chi connectivity index (χ2v) is 13.9. The van der Waals surface area contributed by atoms with Crippen LogP contribution in [0.4, 0.5) is 16.4 Å². The molecule has 0 bridgehead atoms. The van der Waals surface area contributed by atoms with Crippen molar-refractivity contribution in [1.82, 2.24) is 25.2 Å². The number of fused-ring (bicyclic) bond motifs is 2. The molecule has 2 aromatic heterocycles. The number of amidine groups is 1. The number of nitrogens with zero attached hydrogens (tertiary/aromatic N) is 5. The van der Waals surface area contributed by atoms with Gasteiger partial charge in [-0.1, -0.05) is 57.2 Å². The Labute approximate surface area is 282 Å². The fourth-order valence-corrected chi connectivity index (χ4v) is 6.46. The highest BCUT2D eigenvalue weighted by Crippen LogP contribution is 2.39. The molecule has 0 radical (unpaired) electrons. The van der Waals surface area contributed by atoms with E-state index in [9.17, 15) is 9.90 Å². The first-order valence-corrected chi connectivity index (χ1v) is 16.9. The molecule has 48 heavy (non-hydrogen) atoms. The first-order chi connectivity index (χ1) is 23.1. The van der Waals surface area contributed by atoms with Gasteiger partial charge in [0.2, 0.25) is 5.95 Å². The normalized spacial score (nSPS) is 19.9. The number of piperidine rings is 1. The van der Waals surface area contributed by atoms with Crippen molar-refractivity contribution in [3.05, 3.63) is 83.6 Å². The number of carbonyl (C=O) groups is 1. The Morgan fingerprint density at radius 3 is 2.62 bits per heavy atom. The lowest BCUT2D eigenvalue weighted by molar-refractivity contribution is 0.171. The summed E-state index contributed by atoms with van der Waals surface area (Å²) < 4.78 is 8.65. The summed E-state index contributed by atoms with van der Waals surface area (Å²) in [6.07, 6.45) is 6.91. The summed E-state index contributed by atoms with van der Waals surface area (Å²) in [5, 5.41) is 33.2. The second-order valence-electron chi connectivity index (χ2n) is 13.9. The van der Waals surface area contributed by atoms with Gasteiger partial charge >= 0.3 is 6.03 Å². The van der Waals surface area contributed by atoms with E-state index in [4.69, 9.17) is 10.1 Å². The van der Waals surface area contributed by atoms with E-state index in [0.717, 1.165) is 53.4 Å². The van der Waals surface area contributed by atoms with Crippen molar-refractivity contribution < 1.29 is 14.6 Å². The third-order valence-electron chi connectivity index (χ3n) is 9.30. The van der Waals surface area contributed by atoms with Gasteiger partial charge in [0.25, 0.3) is 0 Å². The zero-order chi connectivity index (χ0) is 33.8. The van der Waals surface area contributed by atoms with Crippen LogP contribution in [0.2, 0.25) is 0 Å². The van der Waals surface area contributed by atoms with Gasteiger partial charge in [-0.3, -0.25) is 9.72 Å². The van der Waals surface area contributed by atoms with E-state index in [2.05, 4.69) is 43.7 Å². The molecule has 0 spiro atoms. The van der Waals surface area contributed by atoms with E-state index in [1.807, 2.05) is 79.9 Å². The number of ether oxygens (including phenoxy) is 1. The lowest BCUT2D eigenvalue weighted by Crippen LogP contribution is -2.43. The van der Waals surface area contributed by atoms with Crippen molar-refractivity contribution in [3.63, 3.8) is 0 Å². The number of urea groups is 1. The molecule has 2 aromatic carbocycles. The molecule has 0 saturated carbocycles. The molecule has 4 N–H and O–H groups in total. The fraction of sp³-hybridized carbons (Fsp3) is 0.432. The largest absolute Gasteiger partial charge is 0.484 e. The van der Waals surface area contributed by atoms with Crippen LogP contribution in [0.5, 0.6) is 5.75 Å². The summed E-state index contributed by atoms with van der Waals surface area (Å²) in [6, 6.07) is 19.0. The molecule has 1 aliphatic carbocycles. The Balaban J connectivity index is 1.18. The van der Waals surface area contributed by atoms with E-state index in [-0.39, 0.29) is 36.6 Å². The topological polar surface area (TPSA) is 140 Å². The summed E-state index contributed by atoms with van der Waals surface area (Å²) in [7, 11) is 0. The van der Waals surface area contributed by atoms with Gasteiger partial charge in [0.05, 0.1) is 24.5 Å². The molecule has 11 heteroatoms. The number of amides is 2. The molecule has 3 heterocycles. The van der Waals surface area contributed by atoms with Crippen molar-refractivity contribution in [2.75, 3.05) is 11.4 Å². The standard InChI is InChI=1S/C37H46N8O3/c1-24-10-7-8-19-44(24)36-43-42-34-18-15-27(22-45(34)36)48-31-17-16-30(28-13-5-6-14-29(28)31)40-35(47)41-33(21-32(38)37(2,3)4)39-26-12-9-11-25(20-26)23-46/h5-6,9,11-15,18,20,22,24,30-31,38,46H,7-8,10,16-17,19,21,23H2,1-4H3,(H2,39,40,41,47). The monoisotopic (exact) mass is 650 g/mol. The predicted octanol–water partition coefficient (Wildman–Crippen LogP) is 7.04. The molecular weight excluding hydrogens is 604 g/mol. The molecule has 4 aromatic rings. The van der Waals surface area contributed by atoms with Crippen molar-refractivity contribution in [2.45, 2.75) is 91.0 Å². The minimum Gasteiger partial charge on any atom is -0.484 e. The van der Waals surface area contributed by atoms with Gasteiger partial charge in [-0.25, -0.2) is 9.79 Å². The Bertz CT molecular complexity index is 1810. The minimum absolute atomic E-state index is 0.107. The Morgan fingerprint density at radius 2 is 1.85 bits per heavy atom. The third kappa shape index (κ3) is 7.52. The van der Waals surface area contributed by atoms with Crippen LogP contribution >= 0.6 is 0 Å². The predicted molar refractivity (Wildman–Crippen MR) is 188 cm³/mol. The lowest BCUT2D eigenvalue weighted by Gasteiger charge is -2.33. The molecular formula is C37H46N8O3. The number of rotatable bonds is 8. The number of hydrogen-bond donors (Lipinski definition) is 4. The second kappa shape index (κ2) is 14.1. The number of aliphatic imine (C=N–C) groups is 1. The Morgan fingerprint density at radius 1 is 1.04 bits per heavy atom. The van der Waals surface area contributed by atoms with Crippen molar-refractivity contribution in [1.29, 1.82) is 5.41 Å². The number of carbonyl (C=O) groups excluding carboxylic acids is 1. The molecule has 1 aliphatic heterocycles.